The fourth-order valence-corrected chi connectivity index (χ4v) is 4.42. The van der Waals surface area contributed by atoms with E-state index in [1.54, 1.807) is 6.07 Å². The van der Waals surface area contributed by atoms with Crippen LogP contribution in [0, 0.1) is 5.82 Å². The van der Waals surface area contributed by atoms with E-state index >= 15 is 0 Å². The second kappa shape index (κ2) is 9.95. The zero-order valence-electron chi connectivity index (χ0n) is 19.2. The van der Waals surface area contributed by atoms with E-state index < -0.39 is 36.1 Å². The molecule has 0 saturated carbocycles. The number of rotatable bonds is 7. The molecule has 0 N–H and O–H groups in total. The molecule has 4 radical (unpaired) electrons. The maximum Gasteiger partial charge on any atom is 0.522 e. The number of alkyl halides is 3. The zero-order chi connectivity index (χ0) is 26.1. The summed E-state index contributed by atoms with van der Waals surface area (Å²) in [7, 11) is 13.1. The van der Waals surface area contributed by atoms with Gasteiger partial charge in [-0.1, -0.05) is 12.1 Å². The molecule has 1 amide bonds. The molecular formula is C23H21B2F4NO6. The summed E-state index contributed by atoms with van der Waals surface area (Å²) in [5.74, 6) is -0.536. The third kappa shape index (κ3) is 5.63. The third-order valence-corrected chi connectivity index (χ3v) is 5.95. The minimum absolute atomic E-state index is 0.0564. The van der Waals surface area contributed by atoms with Crippen molar-refractivity contribution in [2.24, 2.45) is 0 Å². The molecule has 1 unspecified atom stereocenters. The Hall–Kier alpha value is -2.76. The molecule has 2 aliphatic rings. The number of halogens is 4. The van der Waals surface area contributed by atoms with Crippen molar-refractivity contribution in [2.45, 2.75) is 30.1 Å². The Labute approximate surface area is 207 Å². The van der Waals surface area contributed by atoms with E-state index in [9.17, 15) is 22.4 Å². The Kier molecular flexibility index (Phi) is 7.27. The van der Waals surface area contributed by atoms with E-state index in [0.717, 1.165) is 0 Å². The second-order valence-electron chi connectivity index (χ2n) is 8.34. The van der Waals surface area contributed by atoms with Crippen LogP contribution in [-0.2, 0) is 19.8 Å². The first kappa shape index (κ1) is 26.3. The first-order valence-corrected chi connectivity index (χ1v) is 10.9. The summed E-state index contributed by atoms with van der Waals surface area (Å²) in [6.45, 7) is -0.806. The van der Waals surface area contributed by atoms with Crippen molar-refractivity contribution < 1.29 is 46.0 Å². The van der Waals surface area contributed by atoms with Crippen molar-refractivity contribution in [3.05, 3.63) is 59.4 Å². The number of hydrogen-bond donors (Lipinski definition) is 0. The number of benzene rings is 2. The highest BCUT2D eigenvalue weighted by molar-refractivity contribution is 6.38. The number of amides is 1. The van der Waals surface area contributed by atoms with Gasteiger partial charge in [-0.15, -0.1) is 13.2 Å². The van der Waals surface area contributed by atoms with E-state index in [1.165, 1.54) is 48.4 Å². The zero-order valence-corrected chi connectivity index (χ0v) is 19.2. The summed E-state index contributed by atoms with van der Waals surface area (Å²) >= 11 is 0. The van der Waals surface area contributed by atoms with Crippen LogP contribution in [0.1, 0.15) is 22.3 Å². The van der Waals surface area contributed by atoms with Crippen LogP contribution in [0.25, 0.3) is 0 Å². The van der Waals surface area contributed by atoms with Gasteiger partial charge >= 0.3 is 6.36 Å². The lowest BCUT2D eigenvalue weighted by atomic mass is 9.76. The summed E-state index contributed by atoms with van der Waals surface area (Å²) < 4.78 is 76.0. The molecule has 36 heavy (non-hydrogen) atoms. The minimum atomic E-state index is -4.76. The molecule has 2 aromatic carbocycles. The highest BCUT2D eigenvalue weighted by atomic mass is 19.4. The molecule has 2 saturated heterocycles. The average molecular weight is 505 g/mol. The van der Waals surface area contributed by atoms with Gasteiger partial charge in [0.1, 0.15) is 39.8 Å². The van der Waals surface area contributed by atoms with Crippen LogP contribution in [0.2, 0.25) is 0 Å². The van der Waals surface area contributed by atoms with E-state index in [4.69, 9.17) is 34.6 Å². The van der Waals surface area contributed by atoms with Crippen LogP contribution in [0.5, 0.6) is 11.5 Å². The van der Waals surface area contributed by atoms with Gasteiger partial charge in [0.05, 0.1) is 25.8 Å². The fraction of sp³-hybridized carbons (Fsp3) is 0.435. The molecule has 0 spiro atoms. The molecule has 188 valence electrons. The predicted octanol–water partition coefficient (Wildman–Crippen LogP) is 2.85. The lowest BCUT2D eigenvalue weighted by molar-refractivity contribution is -0.325. The Morgan fingerprint density at radius 3 is 2.64 bits per heavy atom. The standard InChI is InChI=1S/C23H21B2F4NO6/c1-32-18-11-14(5-6-17(18)33-9-10-34-23(27,28)29)20(31)30-8-7-21(15-3-2-4-16(26)12-15)19(13-30)35-22(24,25)36-21/h2-6,11-12,19H,7-10,13H2,1H3/t19?,21-/m1/s1. The fourth-order valence-electron chi connectivity index (χ4n) is 4.42. The number of fused-ring (bicyclic) bond motifs is 1. The molecule has 2 aromatic rings. The van der Waals surface area contributed by atoms with Gasteiger partial charge in [0.15, 0.2) is 11.5 Å². The van der Waals surface area contributed by atoms with Gasteiger partial charge in [-0.25, -0.2) is 4.39 Å². The summed E-state index contributed by atoms with van der Waals surface area (Å²) in [6, 6.07) is 10.1. The highest BCUT2D eigenvalue weighted by Crippen LogP contribution is 2.47. The van der Waals surface area contributed by atoms with E-state index in [0.29, 0.717) is 5.56 Å². The molecule has 13 heteroatoms. The Morgan fingerprint density at radius 2 is 1.94 bits per heavy atom. The van der Waals surface area contributed by atoms with E-state index in [-0.39, 0.29) is 49.1 Å². The van der Waals surface area contributed by atoms with E-state index in [2.05, 4.69) is 4.74 Å². The highest BCUT2D eigenvalue weighted by Gasteiger charge is 2.56. The Balaban J connectivity index is 1.48. The number of carbonyl (C=O) groups is 1. The number of methoxy groups -OCH3 is 1. The van der Waals surface area contributed by atoms with Crippen molar-refractivity contribution in [2.75, 3.05) is 33.4 Å². The predicted molar refractivity (Wildman–Crippen MR) is 119 cm³/mol. The maximum atomic E-state index is 13.9. The first-order chi connectivity index (χ1) is 16.9. The smallest absolute Gasteiger partial charge is 0.493 e. The van der Waals surface area contributed by atoms with Gasteiger partial charge in [0.2, 0.25) is 0 Å². The Bertz CT molecular complexity index is 1120. The average Bonchev–Trinajstić information content (AvgIpc) is 3.11. The molecule has 0 aromatic heterocycles. The number of piperidine rings is 1. The normalized spacial score (nSPS) is 23.2. The topological polar surface area (TPSA) is 66.5 Å². The van der Waals surface area contributed by atoms with Crippen molar-refractivity contribution in [1.82, 2.24) is 4.90 Å². The van der Waals surface area contributed by atoms with Crippen molar-refractivity contribution in [1.29, 1.82) is 0 Å². The van der Waals surface area contributed by atoms with Crippen LogP contribution < -0.4 is 9.47 Å². The van der Waals surface area contributed by atoms with Crippen LogP contribution >= 0.6 is 0 Å². The number of likely N-dealkylation sites (tertiary alicyclic amines) is 1. The van der Waals surface area contributed by atoms with Gasteiger partial charge in [0.25, 0.3) is 5.91 Å². The van der Waals surface area contributed by atoms with Crippen LogP contribution in [0.4, 0.5) is 17.6 Å². The SMILES string of the molecule is [B]C1([B])OC2CN(C(=O)c3ccc(OCCOC(F)(F)F)c(OC)c3)CC[C@]2(c2cccc(F)c2)O1. The monoisotopic (exact) mass is 505 g/mol. The number of nitrogens with zero attached hydrogens (tertiary/aromatic N) is 1. The second-order valence-corrected chi connectivity index (χ2v) is 8.34. The first-order valence-electron chi connectivity index (χ1n) is 10.9. The lowest BCUT2D eigenvalue weighted by Gasteiger charge is -2.42. The van der Waals surface area contributed by atoms with Gasteiger partial charge in [-0.05, 0) is 35.9 Å². The quantitative estimate of drug-likeness (QED) is 0.328. The number of carbonyl (C=O) groups excluding carboxylic acids is 1. The summed E-state index contributed by atoms with van der Waals surface area (Å²) in [6.07, 6.45) is -5.29. The number of hydrogen-bond acceptors (Lipinski definition) is 6. The Morgan fingerprint density at radius 1 is 1.17 bits per heavy atom. The molecule has 2 aliphatic heterocycles. The summed E-state index contributed by atoms with van der Waals surface area (Å²) in [5.41, 5.74) is -2.32. The molecule has 4 rings (SSSR count). The van der Waals surface area contributed by atoms with Crippen LogP contribution in [0.3, 0.4) is 0 Å². The largest absolute Gasteiger partial charge is 0.522 e. The van der Waals surface area contributed by atoms with Gasteiger partial charge in [-0.3, -0.25) is 9.53 Å². The summed E-state index contributed by atoms with van der Waals surface area (Å²) in [5, 5.41) is 0. The molecule has 2 atom stereocenters. The molecule has 7 nitrogen and oxygen atoms in total. The molecular weight excluding hydrogens is 484 g/mol. The third-order valence-electron chi connectivity index (χ3n) is 5.95. The summed E-state index contributed by atoms with van der Waals surface area (Å²) in [4.78, 5) is 14.8. The van der Waals surface area contributed by atoms with Gasteiger partial charge in [0, 0.05) is 18.5 Å². The van der Waals surface area contributed by atoms with Crippen molar-refractivity contribution in [3.63, 3.8) is 0 Å². The minimum Gasteiger partial charge on any atom is -0.493 e. The van der Waals surface area contributed by atoms with Gasteiger partial charge in [-0.2, -0.15) is 0 Å². The molecule has 2 heterocycles. The van der Waals surface area contributed by atoms with Crippen LogP contribution in [-0.4, -0.2) is 78.0 Å². The molecule has 0 bridgehead atoms. The van der Waals surface area contributed by atoms with Crippen LogP contribution in [0.15, 0.2) is 42.5 Å². The lowest BCUT2D eigenvalue weighted by Crippen LogP contribution is -2.53. The van der Waals surface area contributed by atoms with E-state index in [1.807, 2.05) is 0 Å². The van der Waals surface area contributed by atoms with Crippen molar-refractivity contribution in [3.8, 4) is 11.5 Å². The van der Waals surface area contributed by atoms with Crippen molar-refractivity contribution >= 4 is 21.6 Å². The molecule has 2 fully saturated rings. The van der Waals surface area contributed by atoms with Gasteiger partial charge < -0.3 is 23.8 Å². The maximum absolute atomic E-state index is 13.9. The number of ether oxygens (including phenoxy) is 5. The molecule has 0 aliphatic carbocycles.